The van der Waals surface area contributed by atoms with Gasteiger partial charge >= 0.3 is 7.82 Å². The van der Waals surface area contributed by atoms with Gasteiger partial charge in [-0.05, 0) is 30.4 Å². The van der Waals surface area contributed by atoms with E-state index in [1.54, 1.807) is 0 Å². The molecular weight excluding hydrogens is 279 g/mol. The number of ketones is 1. The van der Waals surface area contributed by atoms with Crippen LogP contribution >= 0.6 is 7.82 Å². The first-order chi connectivity index (χ1) is 9.59. The van der Waals surface area contributed by atoms with E-state index in [1.165, 1.54) is 19.8 Å². The SMILES string of the molecule is COP(=O)(OC)OCC(=O)C1CCCc2ccccc21. The second-order valence-electron chi connectivity index (χ2n) is 4.70. The number of hydrogen-bond donors (Lipinski definition) is 0. The Balaban J connectivity index is 2.06. The Morgan fingerprint density at radius 1 is 1.30 bits per heavy atom. The Kier molecular flexibility index (Phi) is 5.11. The largest absolute Gasteiger partial charge is 0.474 e. The van der Waals surface area contributed by atoms with Gasteiger partial charge in [0.05, 0.1) is 0 Å². The normalized spacial score (nSPS) is 18.6. The van der Waals surface area contributed by atoms with E-state index in [0.29, 0.717) is 0 Å². The number of aryl methyl sites for hydroxylation is 1. The molecule has 6 heteroatoms. The molecule has 0 fully saturated rings. The minimum absolute atomic E-state index is 0.0912. The zero-order valence-electron chi connectivity index (χ0n) is 11.7. The maximum absolute atomic E-state index is 12.3. The Labute approximate surface area is 118 Å². The third kappa shape index (κ3) is 3.36. The first kappa shape index (κ1) is 15.4. The van der Waals surface area contributed by atoms with Crippen LogP contribution in [0.25, 0.3) is 0 Å². The summed E-state index contributed by atoms with van der Waals surface area (Å²) in [5.74, 6) is -0.284. The van der Waals surface area contributed by atoms with Crippen LogP contribution in [0, 0.1) is 0 Å². The molecule has 0 amide bonds. The third-order valence-corrected chi connectivity index (χ3v) is 4.91. The second kappa shape index (κ2) is 6.64. The molecule has 20 heavy (non-hydrogen) atoms. The van der Waals surface area contributed by atoms with E-state index in [0.717, 1.165) is 24.8 Å². The topological polar surface area (TPSA) is 61.8 Å². The molecule has 0 saturated heterocycles. The van der Waals surface area contributed by atoms with Crippen molar-refractivity contribution < 1.29 is 22.9 Å². The van der Waals surface area contributed by atoms with Gasteiger partial charge in [0.1, 0.15) is 6.61 Å². The lowest BCUT2D eigenvalue weighted by Gasteiger charge is -2.24. The zero-order chi connectivity index (χ0) is 14.6. The lowest BCUT2D eigenvalue weighted by molar-refractivity contribution is -0.123. The molecule has 0 N–H and O–H groups in total. The zero-order valence-corrected chi connectivity index (χ0v) is 12.6. The van der Waals surface area contributed by atoms with Crippen LogP contribution in [-0.2, 0) is 29.4 Å². The summed E-state index contributed by atoms with van der Waals surface area (Å²) in [4.78, 5) is 12.3. The highest BCUT2D eigenvalue weighted by Gasteiger charge is 2.30. The van der Waals surface area contributed by atoms with Crippen molar-refractivity contribution >= 4 is 13.6 Å². The molecule has 0 radical (unpaired) electrons. The molecule has 2 rings (SSSR count). The van der Waals surface area contributed by atoms with Gasteiger partial charge in [0.2, 0.25) is 0 Å². The van der Waals surface area contributed by atoms with Gasteiger partial charge in [-0.3, -0.25) is 18.4 Å². The summed E-state index contributed by atoms with van der Waals surface area (Å²) in [5.41, 5.74) is 2.26. The maximum Gasteiger partial charge on any atom is 0.474 e. The fourth-order valence-electron chi connectivity index (χ4n) is 2.51. The van der Waals surface area contributed by atoms with Crippen molar-refractivity contribution in [3.63, 3.8) is 0 Å². The van der Waals surface area contributed by atoms with Crippen molar-refractivity contribution in [3.8, 4) is 0 Å². The molecular formula is C14H19O5P. The predicted octanol–water partition coefficient (Wildman–Crippen LogP) is 3.09. The van der Waals surface area contributed by atoms with Crippen molar-refractivity contribution in [2.75, 3.05) is 20.8 Å². The van der Waals surface area contributed by atoms with E-state index in [1.807, 2.05) is 24.3 Å². The van der Waals surface area contributed by atoms with Crippen LogP contribution in [0.15, 0.2) is 24.3 Å². The smallest absolute Gasteiger partial charge is 0.296 e. The van der Waals surface area contributed by atoms with Gasteiger partial charge in [-0.1, -0.05) is 24.3 Å². The van der Waals surface area contributed by atoms with Crippen LogP contribution in [0.1, 0.15) is 29.9 Å². The van der Waals surface area contributed by atoms with Crippen LogP contribution in [0.2, 0.25) is 0 Å². The molecule has 0 saturated carbocycles. The van der Waals surface area contributed by atoms with Gasteiger partial charge in [0, 0.05) is 20.1 Å². The van der Waals surface area contributed by atoms with Gasteiger partial charge < -0.3 is 0 Å². The highest BCUT2D eigenvalue weighted by atomic mass is 31.2. The number of phosphoric ester groups is 1. The second-order valence-corrected chi connectivity index (χ2v) is 6.58. The number of carbonyl (C=O) groups excluding carboxylic acids is 1. The van der Waals surface area contributed by atoms with Crippen molar-refractivity contribution in [1.29, 1.82) is 0 Å². The number of phosphoric acid groups is 1. The summed E-state index contributed by atoms with van der Waals surface area (Å²) in [6.45, 7) is -0.266. The van der Waals surface area contributed by atoms with E-state index >= 15 is 0 Å². The molecule has 0 bridgehead atoms. The van der Waals surface area contributed by atoms with Gasteiger partial charge in [0.15, 0.2) is 5.78 Å². The molecule has 1 atom stereocenters. The summed E-state index contributed by atoms with van der Waals surface area (Å²) in [5, 5.41) is 0. The van der Waals surface area contributed by atoms with Gasteiger partial charge in [-0.15, -0.1) is 0 Å². The molecule has 0 aromatic heterocycles. The van der Waals surface area contributed by atoms with E-state index in [-0.39, 0.29) is 18.3 Å². The van der Waals surface area contributed by atoms with Gasteiger partial charge in [0.25, 0.3) is 0 Å². The standard InChI is InChI=1S/C14H19O5P/c1-17-20(16,18-2)19-10-14(15)13-9-5-7-11-6-3-4-8-12(11)13/h3-4,6,8,13H,5,7,9-10H2,1-2H3. The first-order valence-electron chi connectivity index (χ1n) is 6.56. The van der Waals surface area contributed by atoms with E-state index in [2.05, 4.69) is 9.05 Å². The van der Waals surface area contributed by atoms with E-state index in [9.17, 15) is 9.36 Å². The Hall–Kier alpha value is -1.00. The summed E-state index contributed by atoms with van der Waals surface area (Å²) in [7, 11) is -1.14. The van der Waals surface area contributed by atoms with Crippen molar-refractivity contribution in [3.05, 3.63) is 35.4 Å². The monoisotopic (exact) mass is 298 g/mol. The lowest BCUT2D eigenvalue weighted by atomic mass is 9.81. The summed E-state index contributed by atoms with van der Waals surface area (Å²) >= 11 is 0. The van der Waals surface area contributed by atoms with Crippen LogP contribution in [0.5, 0.6) is 0 Å². The minimum Gasteiger partial charge on any atom is -0.296 e. The lowest BCUT2D eigenvalue weighted by Crippen LogP contribution is -2.22. The third-order valence-electron chi connectivity index (χ3n) is 3.57. The fourth-order valence-corrected chi connectivity index (χ4v) is 3.16. The molecule has 1 aromatic carbocycles. The summed E-state index contributed by atoms with van der Waals surface area (Å²) in [6, 6.07) is 7.93. The highest BCUT2D eigenvalue weighted by molar-refractivity contribution is 7.48. The molecule has 0 heterocycles. The minimum atomic E-state index is -3.59. The van der Waals surface area contributed by atoms with Crippen LogP contribution < -0.4 is 0 Å². The van der Waals surface area contributed by atoms with Crippen LogP contribution in [-0.4, -0.2) is 26.6 Å². The fraction of sp³-hybridized carbons (Fsp3) is 0.500. The average molecular weight is 298 g/mol. The number of carbonyl (C=O) groups is 1. The van der Waals surface area contributed by atoms with Gasteiger partial charge in [-0.25, -0.2) is 4.57 Å². The number of fused-ring (bicyclic) bond motifs is 1. The molecule has 1 aliphatic rings. The van der Waals surface area contributed by atoms with Crippen LogP contribution in [0.4, 0.5) is 0 Å². The Morgan fingerprint density at radius 2 is 2.00 bits per heavy atom. The molecule has 110 valence electrons. The Morgan fingerprint density at radius 3 is 2.70 bits per heavy atom. The van der Waals surface area contributed by atoms with Crippen LogP contribution in [0.3, 0.4) is 0 Å². The van der Waals surface area contributed by atoms with Crippen molar-refractivity contribution in [2.45, 2.75) is 25.2 Å². The summed E-state index contributed by atoms with van der Waals surface area (Å²) < 4.78 is 26.1. The van der Waals surface area contributed by atoms with Gasteiger partial charge in [-0.2, -0.15) is 0 Å². The quantitative estimate of drug-likeness (QED) is 0.755. The van der Waals surface area contributed by atoms with E-state index in [4.69, 9.17) is 4.52 Å². The molecule has 0 spiro atoms. The van der Waals surface area contributed by atoms with E-state index < -0.39 is 7.82 Å². The molecule has 1 aliphatic carbocycles. The molecule has 1 aromatic rings. The number of Topliss-reactive ketones (excluding diaryl/α,β-unsaturated/α-hetero) is 1. The molecule has 1 unspecified atom stereocenters. The number of hydrogen-bond acceptors (Lipinski definition) is 5. The highest BCUT2D eigenvalue weighted by Crippen LogP contribution is 2.47. The molecule has 0 aliphatic heterocycles. The van der Waals surface area contributed by atoms with Crippen molar-refractivity contribution in [2.24, 2.45) is 0 Å². The number of benzene rings is 1. The Bertz CT molecular complexity index is 520. The average Bonchev–Trinajstić information content (AvgIpc) is 2.51. The maximum atomic E-state index is 12.3. The summed E-state index contributed by atoms with van der Waals surface area (Å²) in [6.07, 6.45) is 2.76. The number of rotatable bonds is 6. The predicted molar refractivity (Wildman–Crippen MR) is 74.7 cm³/mol. The molecule has 5 nitrogen and oxygen atoms in total. The first-order valence-corrected chi connectivity index (χ1v) is 8.02. The van der Waals surface area contributed by atoms with Crippen molar-refractivity contribution in [1.82, 2.24) is 0 Å².